The van der Waals surface area contributed by atoms with Gasteiger partial charge in [0, 0.05) is 71.1 Å². The van der Waals surface area contributed by atoms with Gasteiger partial charge in [-0.1, -0.05) is 0 Å². The molecule has 0 bridgehead atoms. The lowest BCUT2D eigenvalue weighted by atomic mass is 10.1. The normalized spacial score (nSPS) is 15.2. The first kappa shape index (κ1) is 25.2. The third kappa shape index (κ3) is 4.94. The topological polar surface area (TPSA) is 73.0 Å². The fraction of sp³-hybridized carbons (Fsp3) is 0.423. The number of hydrogen-bond acceptors (Lipinski definition) is 7. The highest BCUT2D eigenvalue weighted by Crippen LogP contribution is 2.32. The number of benzene rings is 1. The van der Waals surface area contributed by atoms with Gasteiger partial charge in [-0.25, -0.2) is 18.7 Å². The third-order valence-electron chi connectivity index (χ3n) is 7.09. The summed E-state index contributed by atoms with van der Waals surface area (Å²) in [5.74, 6) is -0.620. The maximum absolute atomic E-state index is 14.6. The molecular formula is C26H31F2N7O2. The molecule has 0 N–H and O–H groups in total. The first-order chi connectivity index (χ1) is 17.9. The van der Waals surface area contributed by atoms with Crippen molar-refractivity contribution < 1.29 is 18.3 Å². The van der Waals surface area contributed by atoms with E-state index in [-0.39, 0.29) is 11.9 Å². The Balaban J connectivity index is 1.35. The van der Waals surface area contributed by atoms with Gasteiger partial charge in [-0.05, 0) is 31.4 Å². The summed E-state index contributed by atoms with van der Waals surface area (Å²) in [6.07, 6.45) is 10.5. The number of piperidine rings is 1. The molecule has 4 aromatic rings. The van der Waals surface area contributed by atoms with Crippen LogP contribution in [0.15, 0.2) is 43.1 Å². The molecule has 1 fully saturated rings. The summed E-state index contributed by atoms with van der Waals surface area (Å²) in [6.45, 7) is 4.23. The second kappa shape index (κ2) is 10.5. The summed E-state index contributed by atoms with van der Waals surface area (Å²) < 4.78 is 42.9. The monoisotopic (exact) mass is 511 g/mol. The lowest BCUT2D eigenvalue weighted by Crippen LogP contribution is -2.40. The van der Waals surface area contributed by atoms with E-state index in [1.807, 2.05) is 29.0 Å². The van der Waals surface area contributed by atoms with E-state index in [1.165, 1.54) is 6.07 Å². The van der Waals surface area contributed by atoms with E-state index in [0.29, 0.717) is 28.8 Å². The minimum Gasteiger partial charge on any atom is -0.355 e. The van der Waals surface area contributed by atoms with Crippen LogP contribution in [0, 0.1) is 18.6 Å². The lowest BCUT2D eigenvalue weighted by Gasteiger charge is -2.33. The van der Waals surface area contributed by atoms with Gasteiger partial charge in [-0.2, -0.15) is 5.10 Å². The van der Waals surface area contributed by atoms with Crippen LogP contribution in [-0.2, 0) is 9.47 Å². The van der Waals surface area contributed by atoms with Gasteiger partial charge in [-0.15, -0.1) is 0 Å². The fourth-order valence-corrected chi connectivity index (χ4v) is 4.84. The highest BCUT2D eigenvalue weighted by Gasteiger charge is 2.24. The highest BCUT2D eigenvalue weighted by atomic mass is 19.1. The molecule has 0 saturated carbocycles. The van der Waals surface area contributed by atoms with E-state index in [9.17, 15) is 8.78 Å². The van der Waals surface area contributed by atoms with Crippen LogP contribution in [0.5, 0.6) is 0 Å². The van der Waals surface area contributed by atoms with E-state index in [0.717, 1.165) is 44.2 Å². The van der Waals surface area contributed by atoms with E-state index in [1.54, 1.807) is 44.1 Å². The van der Waals surface area contributed by atoms with Crippen LogP contribution < -0.4 is 4.90 Å². The Morgan fingerprint density at radius 3 is 2.57 bits per heavy atom. The minimum absolute atomic E-state index is 0.219. The number of likely N-dealkylation sites (tertiary alicyclic amines) is 1. The molecule has 1 aromatic carbocycles. The number of anilines is 2. The van der Waals surface area contributed by atoms with Crippen molar-refractivity contribution in [2.45, 2.75) is 32.1 Å². The Labute approximate surface area is 214 Å². The number of imidazole rings is 1. The van der Waals surface area contributed by atoms with Crippen LogP contribution in [0.3, 0.4) is 0 Å². The Bertz CT molecular complexity index is 1380. The van der Waals surface area contributed by atoms with E-state index in [4.69, 9.17) is 9.47 Å². The second-order valence-electron chi connectivity index (χ2n) is 9.34. The second-order valence-corrected chi connectivity index (χ2v) is 9.34. The largest absolute Gasteiger partial charge is 0.355 e. The molecule has 1 aliphatic heterocycles. The van der Waals surface area contributed by atoms with Crippen LogP contribution in [0.1, 0.15) is 24.4 Å². The number of rotatable bonds is 8. The van der Waals surface area contributed by atoms with Gasteiger partial charge in [0.2, 0.25) is 0 Å². The summed E-state index contributed by atoms with van der Waals surface area (Å²) >= 11 is 0. The van der Waals surface area contributed by atoms with Crippen molar-refractivity contribution >= 4 is 17.2 Å². The fourth-order valence-electron chi connectivity index (χ4n) is 4.84. The van der Waals surface area contributed by atoms with Crippen molar-refractivity contribution in [1.82, 2.24) is 29.0 Å². The number of aromatic nitrogens is 5. The van der Waals surface area contributed by atoms with Crippen molar-refractivity contribution in [3.05, 3.63) is 60.3 Å². The van der Waals surface area contributed by atoms with Gasteiger partial charge in [0.25, 0.3) is 0 Å². The molecule has 0 spiro atoms. The van der Waals surface area contributed by atoms with Crippen molar-refractivity contribution in [2.75, 3.05) is 45.8 Å². The molecule has 0 amide bonds. The van der Waals surface area contributed by atoms with Gasteiger partial charge in [-0.3, -0.25) is 14.0 Å². The van der Waals surface area contributed by atoms with Crippen LogP contribution >= 0.6 is 0 Å². The SMILES string of the molecule is COC(CN1CCC(n2cc(N(C)c3ncc(-c4cc(C)c(F)cc4F)n4ccnc34)cn2)CC1)OC. The molecule has 4 heterocycles. The number of fused-ring (bicyclic) bond motifs is 1. The standard InChI is InChI=1S/C26H31F2N7O2/c1-17-11-20(22(28)12-21(17)27)23-14-30-25(26-29-7-10-34(23)26)32(2)19-13-31-35(15-19)18-5-8-33(9-6-18)16-24(36-3)37-4/h7,10-15,18,24H,5-6,8-9,16H2,1-4H3. The van der Waals surface area contributed by atoms with Crippen LogP contribution in [0.4, 0.5) is 20.3 Å². The predicted octanol–water partition coefficient (Wildman–Crippen LogP) is 4.20. The predicted molar refractivity (Wildman–Crippen MR) is 136 cm³/mol. The summed E-state index contributed by atoms with van der Waals surface area (Å²) in [5, 5.41) is 4.63. The Hall–Kier alpha value is -3.41. The molecule has 5 rings (SSSR count). The Morgan fingerprint density at radius 1 is 1.08 bits per heavy atom. The molecule has 1 aliphatic rings. The maximum Gasteiger partial charge on any atom is 0.181 e. The molecule has 0 atom stereocenters. The molecule has 196 valence electrons. The molecule has 11 heteroatoms. The summed E-state index contributed by atoms with van der Waals surface area (Å²) in [4.78, 5) is 13.3. The van der Waals surface area contributed by atoms with Crippen molar-refractivity contribution in [3.63, 3.8) is 0 Å². The van der Waals surface area contributed by atoms with Crippen LogP contribution in [0.2, 0.25) is 0 Å². The quantitative estimate of drug-likeness (QED) is 0.328. The van der Waals surface area contributed by atoms with Gasteiger partial charge in [0.1, 0.15) is 11.6 Å². The Kier molecular flexibility index (Phi) is 7.18. The average molecular weight is 512 g/mol. The van der Waals surface area contributed by atoms with Gasteiger partial charge >= 0.3 is 0 Å². The van der Waals surface area contributed by atoms with Crippen LogP contribution in [-0.4, -0.2) is 76.2 Å². The smallest absolute Gasteiger partial charge is 0.181 e. The lowest BCUT2D eigenvalue weighted by molar-refractivity contribution is -0.118. The highest BCUT2D eigenvalue weighted by molar-refractivity contribution is 5.75. The van der Waals surface area contributed by atoms with Crippen LogP contribution in [0.25, 0.3) is 16.9 Å². The zero-order valence-electron chi connectivity index (χ0n) is 21.4. The summed E-state index contributed by atoms with van der Waals surface area (Å²) in [6, 6.07) is 2.69. The zero-order chi connectivity index (χ0) is 26.1. The van der Waals surface area contributed by atoms with E-state index < -0.39 is 11.6 Å². The van der Waals surface area contributed by atoms with Crippen molar-refractivity contribution in [1.29, 1.82) is 0 Å². The molecular weight excluding hydrogens is 480 g/mol. The zero-order valence-corrected chi connectivity index (χ0v) is 21.4. The molecule has 0 aliphatic carbocycles. The van der Waals surface area contributed by atoms with E-state index >= 15 is 0 Å². The van der Waals surface area contributed by atoms with E-state index in [2.05, 4.69) is 20.0 Å². The molecule has 0 radical (unpaired) electrons. The number of methoxy groups -OCH3 is 2. The number of aryl methyl sites for hydroxylation is 1. The molecule has 0 unspecified atom stereocenters. The maximum atomic E-state index is 14.6. The van der Waals surface area contributed by atoms with Gasteiger partial charge in [0.15, 0.2) is 17.8 Å². The minimum atomic E-state index is -0.645. The number of nitrogens with zero attached hydrogens (tertiary/aromatic N) is 7. The van der Waals surface area contributed by atoms with Gasteiger partial charge in [0.05, 0.1) is 29.8 Å². The van der Waals surface area contributed by atoms with Crippen molar-refractivity contribution in [2.24, 2.45) is 0 Å². The first-order valence-electron chi connectivity index (χ1n) is 12.2. The summed E-state index contributed by atoms with van der Waals surface area (Å²) in [7, 11) is 5.22. The van der Waals surface area contributed by atoms with Crippen molar-refractivity contribution in [3.8, 4) is 11.3 Å². The molecule has 37 heavy (non-hydrogen) atoms. The average Bonchev–Trinajstić information content (AvgIpc) is 3.60. The first-order valence-corrected chi connectivity index (χ1v) is 12.2. The van der Waals surface area contributed by atoms with Gasteiger partial charge < -0.3 is 14.4 Å². The molecule has 9 nitrogen and oxygen atoms in total. The summed E-state index contributed by atoms with van der Waals surface area (Å²) in [5.41, 5.74) is 2.56. The number of ether oxygens (including phenoxy) is 2. The number of halogens is 2. The molecule has 3 aromatic heterocycles. The molecule has 1 saturated heterocycles. The Morgan fingerprint density at radius 2 is 1.84 bits per heavy atom. The third-order valence-corrected chi connectivity index (χ3v) is 7.09. The number of hydrogen-bond donors (Lipinski definition) is 0.